The zero-order chi connectivity index (χ0) is 18.6. The average molecular weight is 399 g/mol. The smallest absolute Gasteiger partial charge is 0.235 e. The van der Waals surface area contributed by atoms with Crippen molar-refractivity contribution in [3.8, 4) is 0 Å². The zero-order valence-corrected chi connectivity index (χ0v) is 16.9. The van der Waals surface area contributed by atoms with Gasteiger partial charge < -0.3 is 4.90 Å². The van der Waals surface area contributed by atoms with E-state index < -0.39 is 0 Å². The van der Waals surface area contributed by atoms with E-state index in [-0.39, 0.29) is 11.2 Å². The lowest BCUT2D eigenvalue weighted by atomic mass is 10.2. The Bertz CT molecular complexity index is 907. The van der Waals surface area contributed by atoms with E-state index in [4.69, 9.17) is 0 Å². The SMILES string of the molecule is CC(Sc1ncnc2ccsc12)C(=O)N1CCN(Cc2ccccc2)CC1. The average Bonchev–Trinajstić information content (AvgIpc) is 3.19. The van der Waals surface area contributed by atoms with Crippen LogP contribution in [-0.4, -0.2) is 57.1 Å². The van der Waals surface area contributed by atoms with Gasteiger partial charge in [0.05, 0.1) is 15.5 Å². The van der Waals surface area contributed by atoms with Crippen LogP contribution in [0.5, 0.6) is 0 Å². The second-order valence-corrected chi connectivity index (χ2v) is 8.91. The number of benzene rings is 1. The maximum absolute atomic E-state index is 12.9. The van der Waals surface area contributed by atoms with Gasteiger partial charge in [0.25, 0.3) is 0 Å². The highest BCUT2D eigenvalue weighted by Crippen LogP contribution is 2.32. The Labute approximate surface area is 167 Å². The van der Waals surface area contributed by atoms with Gasteiger partial charge in [0, 0.05) is 32.7 Å². The van der Waals surface area contributed by atoms with Crippen molar-refractivity contribution >= 4 is 39.2 Å². The van der Waals surface area contributed by atoms with Crippen molar-refractivity contribution < 1.29 is 4.79 Å². The van der Waals surface area contributed by atoms with Crippen LogP contribution in [-0.2, 0) is 11.3 Å². The van der Waals surface area contributed by atoms with Gasteiger partial charge >= 0.3 is 0 Å². The molecule has 0 spiro atoms. The van der Waals surface area contributed by atoms with Crippen LogP contribution >= 0.6 is 23.1 Å². The van der Waals surface area contributed by atoms with E-state index in [1.54, 1.807) is 17.7 Å². The lowest BCUT2D eigenvalue weighted by Gasteiger charge is -2.35. The normalized spacial score (nSPS) is 16.6. The van der Waals surface area contributed by atoms with Crippen molar-refractivity contribution in [2.75, 3.05) is 26.2 Å². The summed E-state index contributed by atoms with van der Waals surface area (Å²) in [6.07, 6.45) is 1.58. The maximum atomic E-state index is 12.9. The van der Waals surface area contributed by atoms with Gasteiger partial charge in [-0.3, -0.25) is 9.69 Å². The minimum atomic E-state index is -0.147. The highest BCUT2D eigenvalue weighted by molar-refractivity contribution is 8.00. The van der Waals surface area contributed by atoms with Gasteiger partial charge in [0.1, 0.15) is 11.4 Å². The third kappa shape index (κ3) is 4.31. The molecule has 1 amide bonds. The fourth-order valence-corrected chi connectivity index (χ4v) is 5.21. The third-order valence-electron chi connectivity index (χ3n) is 4.78. The van der Waals surface area contributed by atoms with Gasteiger partial charge in [-0.2, -0.15) is 0 Å². The molecule has 1 fully saturated rings. The number of hydrogen-bond acceptors (Lipinski definition) is 6. The van der Waals surface area contributed by atoms with E-state index in [9.17, 15) is 4.79 Å². The van der Waals surface area contributed by atoms with Crippen molar-refractivity contribution in [2.45, 2.75) is 23.7 Å². The van der Waals surface area contributed by atoms with Crippen molar-refractivity contribution in [1.82, 2.24) is 19.8 Å². The van der Waals surface area contributed by atoms with Gasteiger partial charge in [-0.15, -0.1) is 11.3 Å². The molecule has 0 aliphatic carbocycles. The number of carbonyl (C=O) groups is 1. The Morgan fingerprint density at radius 1 is 1.15 bits per heavy atom. The van der Waals surface area contributed by atoms with Crippen molar-refractivity contribution in [2.24, 2.45) is 0 Å². The monoisotopic (exact) mass is 398 g/mol. The highest BCUT2D eigenvalue weighted by atomic mass is 32.2. The first-order chi connectivity index (χ1) is 13.2. The molecule has 1 aliphatic heterocycles. The molecule has 0 bridgehead atoms. The number of carbonyl (C=O) groups excluding carboxylic acids is 1. The van der Waals surface area contributed by atoms with E-state index in [1.165, 1.54) is 17.3 Å². The topological polar surface area (TPSA) is 49.3 Å². The Hall–Kier alpha value is -1.96. The predicted molar refractivity (Wildman–Crippen MR) is 111 cm³/mol. The second-order valence-electron chi connectivity index (χ2n) is 6.66. The number of thioether (sulfide) groups is 1. The number of rotatable bonds is 5. The zero-order valence-electron chi connectivity index (χ0n) is 15.2. The molecule has 140 valence electrons. The number of piperazine rings is 1. The molecule has 1 saturated heterocycles. The summed E-state index contributed by atoms with van der Waals surface area (Å²) in [4.78, 5) is 26.0. The van der Waals surface area contributed by atoms with Crippen molar-refractivity contribution in [3.05, 3.63) is 53.7 Å². The molecule has 3 heterocycles. The molecule has 3 aromatic rings. The van der Waals surface area contributed by atoms with Crippen LogP contribution in [0.1, 0.15) is 12.5 Å². The molecule has 2 aromatic heterocycles. The summed E-state index contributed by atoms with van der Waals surface area (Å²) < 4.78 is 1.06. The molecule has 0 saturated carbocycles. The third-order valence-corrected chi connectivity index (χ3v) is 6.91. The Kier molecular flexibility index (Phi) is 5.71. The molecule has 7 heteroatoms. The van der Waals surface area contributed by atoms with Crippen LogP contribution in [0.4, 0.5) is 0 Å². The van der Waals surface area contributed by atoms with Crippen LogP contribution in [0.3, 0.4) is 0 Å². The van der Waals surface area contributed by atoms with Crippen LogP contribution in [0.15, 0.2) is 53.1 Å². The van der Waals surface area contributed by atoms with Crippen LogP contribution in [0.25, 0.3) is 10.2 Å². The summed E-state index contributed by atoms with van der Waals surface area (Å²) in [7, 11) is 0. The first-order valence-electron chi connectivity index (χ1n) is 9.10. The fraction of sp³-hybridized carbons (Fsp3) is 0.350. The lowest BCUT2D eigenvalue weighted by Crippen LogP contribution is -2.50. The maximum Gasteiger partial charge on any atom is 0.235 e. The second kappa shape index (κ2) is 8.37. The molecule has 1 aliphatic rings. The number of fused-ring (bicyclic) bond motifs is 1. The van der Waals surface area contributed by atoms with Gasteiger partial charge in [-0.1, -0.05) is 42.1 Å². The van der Waals surface area contributed by atoms with Gasteiger partial charge in [0.2, 0.25) is 5.91 Å². The lowest BCUT2D eigenvalue weighted by molar-refractivity contribution is -0.132. The summed E-state index contributed by atoms with van der Waals surface area (Å²) in [5, 5.41) is 2.77. The number of hydrogen-bond donors (Lipinski definition) is 0. The van der Waals surface area contributed by atoms with E-state index in [2.05, 4.69) is 39.1 Å². The van der Waals surface area contributed by atoms with Crippen LogP contribution in [0, 0.1) is 0 Å². The molecular formula is C20H22N4OS2. The molecule has 1 atom stereocenters. The summed E-state index contributed by atoms with van der Waals surface area (Å²) in [6.45, 7) is 6.33. The Balaban J connectivity index is 1.33. The standard InChI is InChI=1S/C20H22N4OS2/c1-15(27-19-18-17(7-12-26-18)21-14-22-19)20(25)24-10-8-23(9-11-24)13-16-5-3-2-4-6-16/h2-7,12,14-15H,8-11,13H2,1H3. The van der Waals surface area contributed by atoms with Gasteiger partial charge in [-0.05, 0) is 23.9 Å². The number of nitrogens with zero attached hydrogens (tertiary/aromatic N) is 4. The molecular weight excluding hydrogens is 376 g/mol. The fourth-order valence-electron chi connectivity index (χ4n) is 3.29. The molecule has 0 N–H and O–H groups in total. The van der Waals surface area contributed by atoms with Crippen molar-refractivity contribution in [1.29, 1.82) is 0 Å². The highest BCUT2D eigenvalue weighted by Gasteiger charge is 2.26. The van der Waals surface area contributed by atoms with Crippen molar-refractivity contribution in [3.63, 3.8) is 0 Å². The van der Waals surface area contributed by atoms with E-state index in [0.717, 1.165) is 48.0 Å². The number of aromatic nitrogens is 2. The van der Waals surface area contributed by atoms with E-state index >= 15 is 0 Å². The quantitative estimate of drug-likeness (QED) is 0.486. The van der Waals surface area contributed by atoms with E-state index in [1.807, 2.05) is 29.3 Å². The first kappa shape index (κ1) is 18.4. The first-order valence-corrected chi connectivity index (χ1v) is 10.9. The van der Waals surface area contributed by atoms with Gasteiger partial charge in [-0.25, -0.2) is 9.97 Å². The van der Waals surface area contributed by atoms with Gasteiger partial charge in [0.15, 0.2) is 0 Å². The van der Waals surface area contributed by atoms with Crippen LogP contribution < -0.4 is 0 Å². The molecule has 0 radical (unpaired) electrons. The minimum Gasteiger partial charge on any atom is -0.339 e. The largest absolute Gasteiger partial charge is 0.339 e. The molecule has 1 unspecified atom stereocenters. The summed E-state index contributed by atoms with van der Waals surface area (Å²) in [6, 6.07) is 12.5. The van der Waals surface area contributed by atoms with E-state index in [0.29, 0.717) is 0 Å². The molecule has 1 aromatic carbocycles. The number of thiophene rings is 1. The minimum absolute atomic E-state index is 0.147. The summed E-state index contributed by atoms with van der Waals surface area (Å²) >= 11 is 3.16. The molecule has 27 heavy (non-hydrogen) atoms. The molecule has 4 rings (SSSR count). The Morgan fingerprint density at radius 2 is 1.93 bits per heavy atom. The van der Waals surface area contributed by atoms with Crippen LogP contribution in [0.2, 0.25) is 0 Å². The number of amides is 1. The summed E-state index contributed by atoms with van der Waals surface area (Å²) in [5.41, 5.74) is 2.27. The summed E-state index contributed by atoms with van der Waals surface area (Å²) in [5.74, 6) is 0.197. The predicted octanol–water partition coefficient (Wildman–Crippen LogP) is 3.52. The Morgan fingerprint density at radius 3 is 2.70 bits per heavy atom. The molecule has 5 nitrogen and oxygen atoms in total.